The fourth-order valence-electron chi connectivity index (χ4n) is 4.83. The van der Waals surface area contributed by atoms with Gasteiger partial charge >= 0.3 is 0 Å². The highest BCUT2D eigenvalue weighted by molar-refractivity contribution is 5.88. The summed E-state index contributed by atoms with van der Waals surface area (Å²) in [5, 5.41) is 99.7. The fraction of sp³-hybridized carbons (Fsp3) is 0.444. The van der Waals surface area contributed by atoms with Crippen LogP contribution in [0.25, 0.3) is 22.3 Å². The third kappa shape index (κ3) is 5.73. The molecule has 2 aromatic carbocycles. The summed E-state index contributed by atoms with van der Waals surface area (Å²) in [6.45, 7) is -1.42. The lowest BCUT2D eigenvalue weighted by Crippen LogP contribution is -2.60. The lowest BCUT2D eigenvalue weighted by molar-refractivity contribution is -0.277. The molecule has 10 N–H and O–H groups in total. The molecule has 16 nitrogen and oxygen atoms in total. The van der Waals surface area contributed by atoms with Crippen LogP contribution in [0.5, 0.6) is 23.0 Å². The van der Waals surface area contributed by atoms with Crippen LogP contribution in [-0.4, -0.2) is 126 Å². The summed E-state index contributed by atoms with van der Waals surface area (Å²) in [4.78, 5) is 13.6. The van der Waals surface area contributed by atoms with Crippen molar-refractivity contribution in [3.05, 3.63) is 46.6 Å². The van der Waals surface area contributed by atoms with Crippen LogP contribution in [0.15, 0.2) is 45.6 Å². The lowest BCUT2D eigenvalue weighted by Gasteiger charge is -2.39. The second-order valence-electron chi connectivity index (χ2n) is 10.1. The molecule has 0 bridgehead atoms. The summed E-state index contributed by atoms with van der Waals surface area (Å²) in [5.41, 5.74) is -1.07. The van der Waals surface area contributed by atoms with Gasteiger partial charge in [0.2, 0.25) is 23.8 Å². The Morgan fingerprint density at radius 2 is 1.23 bits per heavy atom. The number of fused-ring (bicyclic) bond motifs is 1. The minimum atomic E-state index is -1.89. The van der Waals surface area contributed by atoms with Crippen molar-refractivity contribution >= 4 is 11.0 Å². The second kappa shape index (κ2) is 12.2. The van der Waals surface area contributed by atoms with Crippen LogP contribution < -0.4 is 14.9 Å². The highest BCUT2D eigenvalue weighted by atomic mass is 16.7. The van der Waals surface area contributed by atoms with E-state index in [2.05, 4.69) is 0 Å². The Kier molecular flexibility index (Phi) is 8.77. The van der Waals surface area contributed by atoms with E-state index in [1.165, 1.54) is 24.3 Å². The first kappa shape index (κ1) is 30.9. The van der Waals surface area contributed by atoms with Gasteiger partial charge in [-0.25, -0.2) is 0 Å². The van der Waals surface area contributed by atoms with E-state index in [1.807, 2.05) is 0 Å². The third-order valence-corrected chi connectivity index (χ3v) is 7.22. The molecule has 0 radical (unpaired) electrons. The second-order valence-corrected chi connectivity index (χ2v) is 10.1. The highest BCUT2D eigenvalue weighted by Crippen LogP contribution is 2.38. The smallest absolute Gasteiger partial charge is 0.239 e. The molecule has 2 fully saturated rings. The molecule has 16 heteroatoms. The number of rotatable bonds is 7. The molecular weight excluding hydrogens is 580 g/mol. The number of ether oxygens (including phenoxy) is 4. The first-order valence-corrected chi connectivity index (χ1v) is 13.0. The summed E-state index contributed by atoms with van der Waals surface area (Å²) in [7, 11) is 0. The Morgan fingerprint density at radius 1 is 0.698 bits per heavy atom. The van der Waals surface area contributed by atoms with E-state index in [4.69, 9.17) is 23.4 Å². The molecule has 43 heavy (non-hydrogen) atoms. The van der Waals surface area contributed by atoms with Crippen LogP contribution in [0, 0.1) is 0 Å². The minimum Gasteiger partial charge on any atom is -0.508 e. The van der Waals surface area contributed by atoms with E-state index in [-0.39, 0.29) is 22.7 Å². The summed E-state index contributed by atoms with van der Waals surface area (Å²) < 4.78 is 27.7. The normalized spacial score (nSPS) is 32.9. The zero-order valence-electron chi connectivity index (χ0n) is 22.1. The molecule has 2 saturated heterocycles. The molecule has 5 rings (SSSR count). The number of hydrogen-bond donors (Lipinski definition) is 10. The van der Waals surface area contributed by atoms with E-state index in [9.17, 15) is 55.9 Å². The number of aromatic hydroxyl groups is 2. The van der Waals surface area contributed by atoms with Crippen molar-refractivity contribution in [3.8, 4) is 34.3 Å². The first-order valence-electron chi connectivity index (χ1n) is 13.0. The lowest BCUT2D eigenvalue weighted by atomic mass is 9.99. The van der Waals surface area contributed by atoms with Crippen molar-refractivity contribution in [2.45, 2.75) is 61.4 Å². The maximum Gasteiger partial charge on any atom is 0.239 e. The van der Waals surface area contributed by atoms with Crippen molar-refractivity contribution in [2.24, 2.45) is 0 Å². The van der Waals surface area contributed by atoms with Gasteiger partial charge in [-0.3, -0.25) is 4.79 Å². The molecule has 1 aromatic heterocycles. The van der Waals surface area contributed by atoms with E-state index in [1.54, 1.807) is 0 Å². The quantitative estimate of drug-likeness (QED) is 0.130. The molecule has 10 atom stereocenters. The van der Waals surface area contributed by atoms with E-state index >= 15 is 0 Å². The van der Waals surface area contributed by atoms with Gasteiger partial charge in [0.25, 0.3) is 0 Å². The van der Waals surface area contributed by atoms with Gasteiger partial charge in [-0.2, -0.15) is 0 Å². The van der Waals surface area contributed by atoms with E-state index in [0.717, 1.165) is 12.1 Å². The molecule has 234 valence electrons. The van der Waals surface area contributed by atoms with E-state index in [0.29, 0.717) is 0 Å². The molecule has 3 heterocycles. The average molecular weight is 611 g/mol. The standard InChI is InChI=1S/C27H30O16/c28-7-14-17(32)20(35)22(37)26(41-14)39-11-3-1-9(2-4-11)24-25(19(34)16-12(31)5-10(30)6-13(16)40-24)43-27-23(38)21(36)18(33)15(8-29)42-27/h1-6,14-15,17-18,20-23,26-33,35-38H,7-8H2/t14-,15-,17-,18+,20+,21+,22-,23-,26-,27+/m1/s1. The van der Waals surface area contributed by atoms with Crippen LogP contribution in [0.2, 0.25) is 0 Å². The summed E-state index contributed by atoms with van der Waals surface area (Å²) in [6.07, 6.45) is -16.2. The van der Waals surface area contributed by atoms with Crippen LogP contribution in [0.3, 0.4) is 0 Å². The average Bonchev–Trinajstić information content (AvgIpc) is 2.98. The van der Waals surface area contributed by atoms with Crippen LogP contribution in [-0.2, 0) is 9.47 Å². The summed E-state index contributed by atoms with van der Waals surface area (Å²) in [5.74, 6) is -1.91. The number of benzene rings is 2. The maximum atomic E-state index is 13.6. The van der Waals surface area contributed by atoms with Crippen LogP contribution in [0.4, 0.5) is 0 Å². The van der Waals surface area contributed by atoms with Gasteiger partial charge in [-0.1, -0.05) is 0 Å². The highest BCUT2D eigenvalue weighted by Gasteiger charge is 2.46. The maximum absolute atomic E-state index is 13.6. The van der Waals surface area contributed by atoms with Gasteiger partial charge in [-0.15, -0.1) is 0 Å². The zero-order valence-corrected chi connectivity index (χ0v) is 22.1. The Labute approximate surface area is 241 Å². The first-order chi connectivity index (χ1) is 20.4. The Balaban J connectivity index is 1.51. The zero-order chi connectivity index (χ0) is 31.2. The molecule has 0 saturated carbocycles. The summed E-state index contributed by atoms with van der Waals surface area (Å²) >= 11 is 0. The number of phenols is 2. The number of phenolic OH excluding ortho intramolecular Hbond substituents is 2. The van der Waals surface area contributed by atoms with Crippen molar-refractivity contribution < 1.29 is 74.4 Å². The van der Waals surface area contributed by atoms with Crippen molar-refractivity contribution in [1.82, 2.24) is 0 Å². The molecule has 0 amide bonds. The Morgan fingerprint density at radius 3 is 1.77 bits per heavy atom. The van der Waals surface area contributed by atoms with Gasteiger partial charge in [-0.05, 0) is 24.3 Å². The fourth-order valence-corrected chi connectivity index (χ4v) is 4.83. The van der Waals surface area contributed by atoms with E-state index < -0.39 is 103 Å². The predicted octanol–water partition coefficient (Wildman–Crippen LogP) is -2.77. The number of hydrogen-bond acceptors (Lipinski definition) is 16. The van der Waals surface area contributed by atoms with Crippen molar-refractivity contribution in [3.63, 3.8) is 0 Å². The SMILES string of the molecule is O=c1c(O[C@@H]2O[C@H](CO)[C@H](O)[C@H](O)[C@H]2O)c(-c2ccc(O[C@@H]3O[C@H](CO)[C@@H](O)[C@H](O)[C@H]3O)cc2)oc2cc(O)cc(O)c12. The van der Waals surface area contributed by atoms with Gasteiger partial charge in [0.1, 0.15) is 77.0 Å². The van der Waals surface area contributed by atoms with Crippen molar-refractivity contribution in [1.29, 1.82) is 0 Å². The van der Waals surface area contributed by atoms with Crippen LogP contribution >= 0.6 is 0 Å². The molecule has 0 aliphatic carbocycles. The summed E-state index contributed by atoms with van der Waals surface area (Å²) in [6, 6.07) is 7.38. The Bertz CT molecular complexity index is 1490. The Hall–Kier alpha value is -3.55. The predicted molar refractivity (Wildman–Crippen MR) is 140 cm³/mol. The van der Waals surface area contributed by atoms with Crippen LogP contribution in [0.1, 0.15) is 0 Å². The van der Waals surface area contributed by atoms with Gasteiger partial charge in [0.05, 0.1) is 13.2 Å². The molecule has 3 aromatic rings. The molecule has 0 spiro atoms. The molecule has 2 aliphatic rings. The van der Waals surface area contributed by atoms with Crippen molar-refractivity contribution in [2.75, 3.05) is 13.2 Å². The molecule has 0 unspecified atom stereocenters. The largest absolute Gasteiger partial charge is 0.508 e. The number of aliphatic hydroxyl groups is 8. The van der Waals surface area contributed by atoms with Gasteiger partial charge in [0.15, 0.2) is 5.76 Å². The molecule has 2 aliphatic heterocycles. The minimum absolute atomic E-state index is 0.0721. The van der Waals surface area contributed by atoms with Gasteiger partial charge in [0, 0.05) is 17.7 Å². The van der Waals surface area contributed by atoms with Gasteiger partial charge < -0.3 is 74.4 Å². The number of aliphatic hydroxyl groups excluding tert-OH is 8. The molecular formula is C27H30O16. The monoisotopic (exact) mass is 610 g/mol. The topological polar surface area (TPSA) is 269 Å². The third-order valence-electron chi connectivity index (χ3n) is 7.22.